The standard InChI is InChI=1S/C14H16N2O5/c1-9(10-6-7-10)15-13(17)8-21-14(18)11-4-2-3-5-12(11)16(19)20/h2-5,9-10H,6-8H2,1H3,(H,15,17)/t9-/m0/s1. The van der Waals surface area contributed by atoms with E-state index in [2.05, 4.69) is 5.32 Å². The van der Waals surface area contributed by atoms with Crippen LogP contribution in [-0.4, -0.2) is 29.4 Å². The van der Waals surface area contributed by atoms with Crippen molar-refractivity contribution in [3.8, 4) is 0 Å². The first-order valence-corrected chi connectivity index (χ1v) is 6.69. The van der Waals surface area contributed by atoms with Crippen LogP contribution in [0.5, 0.6) is 0 Å². The highest BCUT2D eigenvalue weighted by Crippen LogP contribution is 2.32. The second kappa shape index (κ2) is 6.34. The van der Waals surface area contributed by atoms with E-state index in [0.29, 0.717) is 5.92 Å². The number of esters is 1. The van der Waals surface area contributed by atoms with E-state index in [1.54, 1.807) is 0 Å². The summed E-state index contributed by atoms with van der Waals surface area (Å²) in [6, 6.07) is 5.52. The summed E-state index contributed by atoms with van der Waals surface area (Å²) in [5.41, 5.74) is -0.500. The largest absolute Gasteiger partial charge is 0.452 e. The first kappa shape index (κ1) is 15.0. The molecular weight excluding hydrogens is 276 g/mol. The van der Waals surface area contributed by atoms with Gasteiger partial charge >= 0.3 is 5.97 Å². The number of para-hydroxylation sites is 1. The van der Waals surface area contributed by atoms with E-state index in [0.717, 1.165) is 12.8 Å². The summed E-state index contributed by atoms with van der Waals surface area (Å²) in [6.45, 7) is 1.46. The van der Waals surface area contributed by atoms with E-state index in [9.17, 15) is 19.7 Å². The Morgan fingerprint density at radius 1 is 1.43 bits per heavy atom. The van der Waals surface area contributed by atoms with E-state index in [1.807, 2.05) is 6.92 Å². The highest BCUT2D eigenvalue weighted by atomic mass is 16.6. The second-order valence-electron chi connectivity index (χ2n) is 5.04. The van der Waals surface area contributed by atoms with E-state index in [1.165, 1.54) is 24.3 Å². The van der Waals surface area contributed by atoms with Gasteiger partial charge in [-0.15, -0.1) is 0 Å². The average molecular weight is 292 g/mol. The predicted octanol–water partition coefficient (Wildman–Crippen LogP) is 1.67. The van der Waals surface area contributed by atoms with Crippen LogP contribution < -0.4 is 5.32 Å². The van der Waals surface area contributed by atoms with Crippen LogP contribution in [0.3, 0.4) is 0 Å². The van der Waals surface area contributed by atoms with Crippen molar-refractivity contribution in [1.82, 2.24) is 5.32 Å². The minimum Gasteiger partial charge on any atom is -0.452 e. The second-order valence-corrected chi connectivity index (χ2v) is 5.04. The molecule has 0 spiro atoms. The third kappa shape index (κ3) is 4.01. The van der Waals surface area contributed by atoms with Gasteiger partial charge in [0.1, 0.15) is 5.56 Å². The third-order valence-electron chi connectivity index (χ3n) is 3.37. The van der Waals surface area contributed by atoms with Crippen LogP contribution in [0.15, 0.2) is 24.3 Å². The Kier molecular flexibility index (Phi) is 4.52. The number of amides is 1. The quantitative estimate of drug-likeness (QED) is 0.488. The molecule has 0 aromatic heterocycles. The molecule has 112 valence electrons. The molecule has 7 heteroatoms. The highest BCUT2D eigenvalue weighted by molar-refractivity contribution is 5.95. The number of nitrogens with one attached hydrogen (secondary N) is 1. The Labute approximate surface area is 121 Å². The van der Waals surface area contributed by atoms with Gasteiger partial charge in [-0.25, -0.2) is 4.79 Å². The predicted molar refractivity (Wildman–Crippen MR) is 73.7 cm³/mol. The van der Waals surface area contributed by atoms with Crippen LogP contribution in [0.1, 0.15) is 30.1 Å². The molecule has 0 unspecified atom stereocenters. The number of nitro groups is 1. The summed E-state index contributed by atoms with van der Waals surface area (Å²) in [4.78, 5) is 33.6. The summed E-state index contributed by atoms with van der Waals surface area (Å²) in [5, 5.41) is 13.5. The number of nitrogens with zero attached hydrogens (tertiary/aromatic N) is 1. The molecule has 2 rings (SSSR count). The minimum atomic E-state index is -0.878. The molecule has 1 aromatic carbocycles. The lowest BCUT2D eigenvalue weighted by Crippen LogP contribution is -2.37. The molecule has 7 nitrogen and oxygen atoms in total. The fourth-order valence-corrected chi connectivity index (χ4v) is 2.02. The van der Waals surface area contributed by atoms with Crippen molar-refractivity contribution >= 4 is 17.6 Å². The van der Waals surface area contributed by atoms with Gasteiger partial charge in [0.25, 0.3) is 11.6 Å². The molecule has 0 bridgehead atoms. The van der Waals surface area contributed by atoms with Crippen LogP contribution in [0.25, 0.3) is 0 Å². The summed E-state index contributed by atoms with van der Waals surface area (Å²) in [6.07, 6.45) is 2.19. The van der Waals surface area contributed by atoms with Crippen molar-refractivity contribution in [2.45, 2.75) is 25.8 Å². The number of carbonyl (C=O) groups excluding carboxylic acids is 2. The Morgan fingerprint density at radius 2 is 2.10 bits per heavy atom. The fraction of sp³-hybridized carbons (Fsp3) is 0.429. The van der Waals surface area contributed by atoms with Crippen molar-refractivity contribution in [2.24, 2.45) is 5.92 Å². The topological polar surface area (TPSA) is 98.5 Å². The maximum atomic E-state index is 11.8. The van der Waals surface area contributed by atoms with Gasteiger partial charge in [-0.2, -0.15) is 0 Å². The van der Waals surface area contributed by atoms with Gasteiger partial charge in [-0.3, -0.25) is 14.9 Å². The average Bonchev–Trinajstić information content (AvgIpc) is 3.29. The van der Waals surface area contributed by atoms with Gasteiger partial charge in [0.2, 0.25) is 0 Å². The smallest absolute Gasteiger partial charge is 0.345 e. The lowest BCUT2D eigenvalue weighted by Gasteiger charge is -2.12. The van der Waals surface area contributed by atoms with Gasteiger partial charge in [0, 0.05) is 12.1 Å². The van der Waals surface area contributed by atoms with Gasteiger partial charge in [-0.05, 0) is 31.7 Å². The summed E-state index contributed by atoms with van der Waals surface area (Å²) in [5.74, 6) is -0.780. The van der Waals surface area contributed by atoms with Crippen molar-refractivity contribution in [2.75, 3.05) is 6.61 Å². The number of ether oxygens (including phenoxy) is 1. The summed E-state index contributed by atoms with van der Waals surface area (Å²) >= 11 is 0. The lowest BCUT2D eigenvalue weighted by atomic mass is 10.2. The molecule has 1 saturated carbocycles. The normalized spacial score (nSPS) is 15.1. The Balaban J connectivity index is 1.89. The fourth-order valence-electron chi connectivity index (χ4n) is 2.02. The van der Waals surface area contributed by atoms with Crippen LogP contribution in [0.2, 0.25) is 0 Å². The summed E-state index contributed by atoms with van der Waals surface area (Å²) in [7, 11) is 0. The number of benzene rings is 1. The van der Waals surface area contributed by atoms with E-state index < -0.39 is 23.4 Å². The van der Waals surface area contributed by atoms with Crippen LogP contribution >= 0.6 is 0 Å². The molecule has 1 aliphatic carbocycles. The molecule has 0 heterocycles. The molecule has 0 saturated heterocycles. The molecule has 1 atom stereocenters. The van der Waals surface area contributed by atoms with Gasteiger partial charge in [0.05, 0.1) is 4.92 Å². The molecule has 1 N–H and O–H groups in total. The number of hydrogen-bond donors (Lipinski definition) is 1. The van der Waals surface area contributed by atoms with Crippen molar-refractivity contribution in [3.05, 3.63) is 39.9 Å². The Bertz CT molecular complexity index is 568. The SMILES string of the molecule is C[C@H](NC(=O)COC(=O)c1ccccc1[N+](=O)[O-])C1CC1. The van der Waals surface area contributed by atoms with E-state index >= 15 is 0 Å². The van der Waals surface area contributed by atoms with Crippen LogP contribution in [-0.2, 0) is 9.53 Å². The summed E-state index contributed by atoms with van der Waals surface area (Å²) < 4.78 is 4.83. The molecular formula is C14H16N2O5. The van der Waals surface area contributed by atoms with Crippen LogP contribution in [0.4, 0.5) is 5.69 Å². The number of rotatable bonds is 6. The zero-order valence-corrected chi connectivity index (χ0v) is 11.6. The van der Waals surface area contributed by atoms with Gasteiger partial charge < -0.3 is 10.1 Å². The first-order chi connectivity index (χ1) is 9.99. The zero-order chi connectivity index (χ0) is 15.4. The zero-order valence-electron chi connectivity index (χ0n) is 11.6. The molecule has 1 amide bonds. The van der Waals surface area contributed by atoms with Crippen molar-refractivity contribution in [1.29, 1.82) is 0 Å². The van der Waals surface area contributed by atoms with Crippen LogP contribution in [0, 0.1) is 16.0 Å². The minimum absolute atomic E-state index is 0.0577. The molecule has 21 heavy (non-hydrogen) atoms. The van der Waals surface area contributed by atoms with Crippen molar-refractivity contribution < 1.29 is 19.2 Å². The maximum absolute atomic E-state index is 11.8. The molecule has 0 radical (unpaired) electrons. The monoisotopic (exact) mass is 292 g/mol. The molecule has 1 aliphatic rings. The third-order valence-corrected chi connectivity index (χ3v) is 3.37. The Hall–Kier alpha value is -2.44. The number of hydrogen-bond acceptors (Lipinski definition) is 5. The first-order valence-electron chi connectivity index (χ1n) is 6.69. The van der Waals surface area contributed by atoms with Gasteiger partial charge in [-0.1, -0.05) is 12.1 Å². The number of carbonyl (C=O) groups is 2. The van der Waals surface area contributed by atoms with Crippen molar-refractivity contribution in [3.63, 3.8) is 0 Å². The van der Waals surface area contributed by atoms with Gasteiger partial charge in [0.15, 0.2) is 6.61 Å². The lowest BCUT2D eigenvalue weighted by molar-refractivity contribution is -0.385. The van der Waals surface area contributed by atoms with E-state index in [-0.39, 0.29) is 17.3 Å². The molecule has 1 fully saturated rings. The number of nitro benzene ring substituents is 1. The molecule has 0 aliphatic heterocycles. The maximum Gasteiger partial charge on any atom is 0.345 e. The molecule has 1 aromatic rings. The Morgan fingerprint density at radius 3 is 2.71 bits per heavy atom. The highest BCUT2D eigenvalue weighted by Gasteiger charge is 2.29. The van der Waals surface area contributed by atoms with E-state index in [4.69, 9.17) is 4.74 Å².